The molecule has 0 saturated carbocycles. The van der Waals surface area contributed by atoms with Gasteiger partial charge in [0, 0.05) is 43.4 Å². The minimum atomic E-state index is 0.383. The second-order valence-electron chi connectivity index (χ2n) is 8.65. The molecule has 0 unspecified atom stereocenters. The lowest BCUT2D eigenvalue weighted by Crippen LogP contribution is -2.57. The van der Waals surface area contributed by atoms with E-state index in [9.17, 15) is 4.79 Å². The summed E-state index contributed by atoms with van der Waals surface area (Å²) in [4.78, 5) is 26.6. The summed E-state index contributed by atoms with van der Waals surface area (Å²) in [7, 11) is 0. The number of fused-ring (bicyclic) bond motifs is 1. The first kappa shape index (κ1) is 18.7. The van der Waals surface area contributed by atoms with Gasteiger partial charge in [0.2, 0.25) is 5.91 Å². The normalized spacial score (nSPS) is 27.0. The highest BCUT2D eigenvalue weighted by Gasteiger charge is 2.40. The van der Waals surface area contributed by atoms with Gasteiger partial charge in [0.15, 0.2) is 0 Å². The van der Waals surface area contributed by atoms with Crippen LogP contribution >= 0.6 is 0 Å². The lowest BCUT2D eigenvalue weighted by atomic mass is 9.82. The van der Waals surface area contributed by atoms with E-state index in [4.69, 9.17) is 4.98 Å². The van der Waals surface area contributed by atoms with Crippen molar-refractivity contribution in [2.45, 2.75) is 58.9 Å². The second-order valence-corrected chi connectivity index (χ2v) is 8.65. The minimum absolute atomic E-state index is 0.383. The molecule has 4 heterocycles. The molecule has 1 aromatic rings. The monoisotopic (exact) mass is 371 g/mol. The van der Waals surface area contributed by atoms with Crippen LogP contribution in [-0.2, 0) is 4.79 Å². The summed E-state index contributed by atoms with van der Waals surface area (Å²) in [6.07, 6.45) is 5.19. The Balaban J connectivity index is 1.48. The maximum Gasteiger partial charge on any atom is 0.222 e. The van der Waals surface area contributed by atoms with Crippen LogP contribution in [0.15, 0.2) is 0 Å². The number of aryl methyl sites for hydroxylation is 2. The zero-order valence-corrected chi connectivity index (χ0v) is 17.0. The van der Waals surface area contributed by atoms with Gasteiger partial charge in [-0.05, 0) is 71.4 Å². The van der Waals surface area contributed by atoms with E-state index in [0.717, 1.165) is 62.9 Å². The molecule has 0 bridgehead atoms. The van der Waals surface area contributed by atoms with Gasteiger partial charge in [0.1, 0.15) is 11.6 Å². The third-order valence-electron chi connectivity index (χ3n) is 6.83. The number of carbonyl (C=O) groups is 1. The van der Waals surface area contributed by atoms with Crippen LogP contribution < -0.4 is 10.2 Å². The van der Waals surface area contributed by atoms with Crippen molar-refractivity contribution in [2.75, 3.05) is 37.6 Å². The van der Waals surface area contributed by atoms with Crippen LogP contribution in [0.2, 0.25) is 0 Å². The Labute approximate surface area is 162 Å². The van der Waals surface area contributed by atoms with Gasteiger partial charge in [-0.2, -0.15) is 0 Å². The Morgan fingerprint density at radius 2 is 1.85 bits per heavy atom. The Hall–Kier alpha value is -1.69. The number of hydrogen-bond acceptors (Lipinski definition) is 5. The number of nitrogens with one attached hydrogen (secondary N) is 1. The van der Waals surface area contributed by atoms with Crippen molar-refractivity contribution in [1.82, 2.24) is 20.2 Å². The van der Waals surface area contributed by atoms with E-state index >= 15 is 0 Å². The van der Waals surface area contributed by atoms with Crippen molar-refractivity contribution in [3.8, 4) is 0 Å². The molecule has 0 spiro atoms. The number of hydrogen-bond donors (Lipinski definition) is 1. The van der Waals surface area contributed by atoms with E-state index in [1.54, 1.807) is 0 Å². The summed E-state index contributed by atoms with van der Waals surface area (Å²) in [6.45, 7) is 11.3. The highest BCUT2D eigenvalue weighted by molar-refractivity contribution is 5.77. The van der Waals surface area contributed by atoms with Crippen molar-refractivity contribution in [3.05, 3.63) is 17.1 Å². The van der Waals surface area contributed by atoms with Crippen LogP contribution in [-0.4, -0.2) is 59.5 Å². The number of rotatable bonds is 3. The summed E-state index contributed by atoms with van der Waals surface area (Å²) in [5.41, 5.74) is 2.27. The van der Waals surface area contributed by atoms with E-state index in [-0.39, 0.29) is 0 Å². The van der Waals surface area contributed by atoms with E-state index in [1.165, 1.54) is 18.4 Å². The fraction of sp³-hybridized carbons (Fsp3) is 0.762. The molecule has 3 aliphatic rings. The van der Waals surface area contributed by atoms with Crippen LogP contribution in [0.3, 0.4) is 0 Å². The van der Waals surface area contributed by atoms with Gasteiger partial charge >= 0.3 is 0 Å². The summed E-state index contributed by atoms with van der Waals surface area (Å²) in [6, 6.07) is 0.418. The van der Waals surface area contributed by atoms with Crippen molar-refractivity contribution in [1.29, 1.82) is 0 Å². The van der Waals surface area contributed by atoms with Gasteiger partial charge in [-0.15, -0.1) is 0 Å². The predicted molar refractivity (Wildman–Crippen MR) is 107 cm³/mol. The third kappa shape index (κ3) is 3.82. The van der Waals surface area contributed by atoms with Crippen molar-refractivity contribution < 1.29 is 4.79 Å². The Bertz CT molecular complexity index is 700. The maximum absolute atomic E-state index is 12.7. The summed E-state index contributed by atoms with van der Waals surface area (Å²) in [5.74, 6) is 3.56. The number of aromatic nitrogens is 2. The molecule has 2 atom stereocenters. The molecule has 0 aromatic carbocycles. The fourth-order valence-electron chi connectivity index (χ4n) is 5.18. The topological polar surface area (TPSA) is 61.4 Å². The Morgan fingerprint density at radius 1 is 1.07 bits per heavy atom. The summed E-state index contributed by atoms with van der Waals surface area (Å²) >= 11 is 0. The van der Waals surface area contributed by atoms with Gasteiger partial charge in [-0.3, -0.25) is 4.79 Å². The molecule has 3 saturated heterocycles. The van der Waals surface area contributed by atoms with Crippen molar-refractivity contribution in [2.24, 2.45) is 11.8 Å². The lowest BCUT2D eigenvalue weighted by Gasteiger charge is -2.48. The largest absolute Gasteiger partial charge is 0.356 e. The number of amides is 1. The highest BCUT2D eigenvalue weighted by atomic mass is 16.2. The first-order chi connectivity index (χ1) is 13.0. The molecule has 3 fully saturated rings. The van der Waals surface area contributed by atoms with Crippen LogP contribution in [0, 0.1) is 32.6 Å². The molecule has 0 radical (unpaired) electrons. The molecule has 27 heavy (non-hydrogen) atoms. The van der Waals surface area contributed by atoms with Gasteiger partial charge in [0.05, 0.1) is 0 Å². The zero-order valence-electron chi connectivity index (χ0n) is 17.0. The Kier molecular flexibility index (Phi) is 5.35. The molecule has 6 nitrogen and oxygen atoms in total. The van der Waals surface area contributed by atoms with Gasteiger partial charge in [-0.1, -0.05) is 0 Å². The first-order valence-electron chi connectivity index (χ1n) is 10.6. The van der Waals surface area contributed by atoms with Gasteiger partial charge in [0.25, 0.3) is 0 Å². The molecule has 4 rings (SSSR count). The molecular weight excluding hydrogens is 338 g/mol. The summed E-state index contributed by atoms with van der Waals surface area (Å²) in [5, 5.41) is 3.44. The highest BCUT2D eigenvalue weighted by Crippen LogP contribution is 2.35. The number of likely N-dealkylation sites (tertiary alicyclic amines) is 1. The SMILES string of the molecule is Cc1nc(C)c(C)c(N2CC[C@@H]3[C@@H](CCC(=O)N3CC3CCNCC3)C2)n1. The van der Waals surface area contributed by atoms with E-state index in [0.29, 0.717) is 30.2 Å². The van der Waals surface area contributed by atoms with E-state index in [2.05, 4.69) is 33.9 Å². The number of anilines is 1. The zero-order chi connectivity index (χ0) is 19.0. The summed E-state index contributed by atoms with van der Waals surface area (Å²) < 4.78 is 0. The fourth-order valence-corrected chi connectivity index (χ4v) is 5.18. The Morgan fingerprint density at radius 3 is 2.63 bits per heavy atom. The molecule has 1 amide bonds. The molecular formula is C21H33N5O. The van der Waals surface area contributed by atoms with Crippen LogP contribution in [0.25, 0.3) is 0 Å². The van der Waals surface area contributed by atoms with Gasteiger partial charge < -0.3 is 15.1 Å². The molecule has 1 aromatic heterocycles. The second kappa shape index (κ2) is 7.74. The molecule has 3 aliphatic heterocycles. The van der Waals surface area contributed by atoms with Crippen LogP contribution in [0.4, 0.5) is 5.82 Å². The van der Waals surface area contributed by atoms with Crippen molar-refractivity contribution >= 4 is 11.7 Å². The smallest absolute Gasteiger partial charge is 0.222 e. The average Bonchev–Trinajstić information content (AvgIpc) is 2.67. The molecule has 6 heteroatoms. The molecule has 148 valence electrons. The standard InChI is InChI=1S/C21H33N5O/c1-14-15(2)23-16(3)24-21(14)25-11-8-19-18(13-25)4-5-20(27)26(19)12-17-6-9-22-10-7-17/h17-19,22H,4-13H2,1-3H3/t18-,19+/m0/s1. The van der Waals surface area contributed by atoms with Gasteiger partial charge in [-0.25, -0.2) is 9.97 Å². The number of carbonyl (C=O) groups excluding carboxylic acids is 1. The molecule has 0 aliphatic carbocycles. The third-order valence-corrected chi connectivity index (χ3v) is 6.83. The quantitative estimate of drug-likeness (QED) is 0.883. The lowest BCUT2D eigenvalue weighted by molar-refractivity contribution is -0.140. The van der Waals surface area contributed by atoms with E-state index < -0.39 is 0 Å². The minimum Gasteiger partial charge on any atom is -0.356 e. The van der Waals surface area contributed by atoms with Crippen LogP contribution in [0.5, 0.6) is 0 Å². The van der Waals surface area contributed by atoms with Crippen LogP contribution in [0.1, 0.15) is 49.2 Å². The van der Waals surface area contributed by atoms with E-state index in [1.807, 2.05) is 6.92 Å². The average molecular weight is 372 g/mol. The molecule has 1 N–H and O–H groups in total. The maximum atomic E-state index is 12.7. The number of piperidine rings is 3. The predicted octanol–water partition coefficient (Wildman–Crippen LogP) is 2.22. The van der Waals surface area contributed by atoms with Crippen molar-refractivity contribution in [3.63, 3.8) is 0 Å². The number of nitrogens with zero attached hydrogens (tertiary/aromatic N) is 4. The first-order valence-corrected chi connectivity index (χ1v) is 10.6.